The molecule has 0 spiro atoms. The number of allylic oxidation sites excluding steroid dienone is 1. The van der Waals surface area contributed by atoms with Crippen molar-refractivity contribution in [1.82, 2.24) is 10.2 Å². The molecule has 1 aliphatic carbocycles. The number of hydrogen-bond acceptors (Lipinski definition) is 6. The van der Waals surface area contributed by atoms with E-state index < -0.39 is 5.41 Å². The van der Waals surface area contributed by atoms with E-state index in [0.717, 1.165) is 36.0 Å². The van der Waals surface area contributed by atoms with E-state index in [1.54, 1.807) is 18.5 Å². The van der Waals surface area contributed by atoms with Crippen molar-refractivity contribution in [3.8, 4) is 0 Å². The third-order valence-electron chi connectivity index (χ3n) is 4.80. The molecule has 1 aromatic carbocycles. The van der Waals surface area contributed by atoms with Crippen molar-refractivity contribution in [2.24, 2.45) is 16.5 Å². The standard InChI is InChI=1S/C20H22N6O/c1-14(22)23-12-16(11-21)15-3-5-17(6-4-15)20(8-2-9-20)19(27)26-18-7-10-24-25-13-18/h3-7,10-13H,1-2,8-9,21-22H2,(H,24,26,27)/b16-11+,23-12-. The molecule has 1 saturated carbocycles. The first-order chi connectivity index (χ1) is 13.0. The van der Waals surface area contributed by atoms with Crippen LogP contribution in [0.1, 0.15) is 30.4 Å². The van der Waals surface area contributed by atoms with Crippen LogP contribution in [0.5, 0.6) is 0 Å². The smallest absolute Gasteiger partial charge is 0.235 e. The highest BCUT2D eigenvalue weighted by molar-refractivity contribution is 6.10. The first kappa shape index (κ1) is 18.3. The number of rotatable bonds is 6. The zero-order valence-corrected chi connectivity index (χ0v) is 14.9. The molecule has 1 heterocycles. The number of anilines is 1. The van der Waals surface area contributed by atoms with E-state index >= 15 is 0 Å². The molecule has 138 valence electrons. The van der Waals surface area contributed by atoms with Crippen LogP contribution in [-0.2, 0) is 10.2 Å². The van der Waals surface area contributed by atoms with E-state index in [1.165, 1.54) is 12.4 Å². The predicted molar refractivity (Wildman–Crippen MR) is 107 cm³/mol. The van der Waals surface area contributed by atoms with Crippen molar-refractivity contribution in [3.63, 3.8) is 0 Å². The van der Waals surface area contributed by atoms with Gasteiger partial charge in [-0.15, -0.1) is 0 Å². The first-order valence-electron chi connectivity index (χ1n) is 8.64. The van der Waals surface area contributed by atoms with Crippen LogP contribution in [0.3, 0.4) is 0 Å². The summed E-state index contributed by atoms with van der Waals surface area (Å²) in [4.78, 5) is 16.9. The van der Waals surface area contributed by atoms with Crippen LogP contribution in [0.4, 0.5) is 5.69 Å². The van der Waals surface area contributed by atoms with Gasteiger partial charge in [0.2, 0.25) is 5.91 Å². The van der Waals surface area contributed by atoms with Crippen LogP contribution in [0.15, 0.2) is 66.3 Å². The van der Waals surface area contributed by atoms with Gasteiger partial charge in [-0.3, -0.25) is 4.79 Å². The molecule has 3 rings (SSSR count). The van der Waals surface area contributed by atoms with Crippen LogP contribution in [-0.4, -0.2) is 22.3 Å². The summed E-state index contributed by atoms with van der Waals surface area (Å²) >= 11 is 0. The van der Waals surface area contributed by atoms with Gasteiger partial charge in [-0.05, 0) is 30.0 Å². The molecule has 0 bridgehead atoms. The topological polar surface area (TPSA) is 119 Å². The molecular formula is C20H22N6O. The molecule has 27 heavy (non-hydrogen) atoms. The highest BCUT2D eigenvalue weighted by Crippen LogP contribution is 2.44. The van der Waals surface area contributed by atoms with Gasteiger partial charge in [0, 0.05) is 18.0 Å². The lowest BCUT2D eigenvalue weighted by atomic mass is 9.63. The van der Waals surface area contributed by atoms with Crippen LogP contribution >= 0.6 is 0 Å². The van der Waals surface area contributed by atoms with E-state index in [0.29, 0.717) is 5.69 Å². The summed E-state index contributed by atoms with van der Waals surface area (Å²) in [5.41, 5.74) is 13.9. The molecule has 7 heteroatoms. The SMILES string of the molecule is C=C(N)/N=C\C(=C/N)c1ccc(C2(C(=O)Nc3ccnnc3)CCC2)cc1. The number of carbonyl (C=O) groups is 1. The summed E-state index contributed by atoms with van der Waals surface area (Å²) in [7, 11) is 0. The normalized spacial score (nSPS) is 15.9. The van der Waals surface area contributed by atoms with E-state index in [4.69, 9.17) is 11.5 Å². The van der Waals surface area contributed by atoms with E-state index in [9.17, 15) is 4.79 Å². The quantitative estimate of drug-likeness (QED) is 0.681. The molecular weight excluding hydrogens is 340 g/mol. The van der Waals surface area contributed by atoms with Crippen LogP contribution in [0, 0.1) is 0 Å². The molecule has 5 N–H and O–H groups in total. The van der Waals surface area contributed by atoms with Crippen LogP contribution in [0.2, 0.25) is 0 Å². The monoisotopic (exact) mass is 362 g/mol. The number of hydrogen-bond donors (Lipinski definition) is 3. The molecule has 7 nitrogen and oxygen atoms in total. The van der Waals surface area contributed by atoms with Crippen molar-refractivity contribution in [2.45, 2.75) is 24.7 Å². The second kappa shape index (κ2) is 7.82. The Kier molecular flexibility index (Phi) is 5.30. The minimum atomic E-state index is -0.520. The number of benzene rings is 1. The van der Waals surface area contributed by atoms with E-state index in [-0.39, 0.29) is 11.7 Å². The first-order valence-corrected chi connectivity index (χ1v) is 8.64. The molecule has 0 unspecified atom stereocenters. The summed E-state index contributed by atoms with van der Waals surface area (Å²) in [6.45, 7) is 3.53. The zero-order valence-electron chi connectivity index (χ0n) is 14.9. The van der Waals surface area contributed by atoms with Crippen molar-refractivity contribution >= 4 is 23.4 Å². The lowest BCUT2D eigenvalue weighted by molar-refractivity contribution is -0.124. The molecule has 1 fully saturated rings. The molecule has 1 amide bonds. The zero-order chi connectivity index (χ0) is 19.3. The molecule has 1 aromatic heterocycles. The Bertz CT molecular complexity index is 882. The van der Waals surface area contributed by atoms with E-state index in [1.807, 2.05) is 24.3 Å². The van der Waals surface area contributed by atoms with Crippen LogP contribution in [0.25, 0.3) is 5.57 Å². The molecule has 0 saturated heterocycles. The van der Waals surface area contributed by atoms with Crippen molar-refractivity contribution in [2.75, 3.05) is 5.32 Å². The average molecular weight is 362 g/mol. The maximum absolute atomic E-state index is 12.9. The van der Waals surface area contributed by atoms with Gasteiger partial charge in [0.1, 0.15) is 5.82 Å². The fraction of sp³-hybridized carbons (Fsp3) is 0.200. The summed E-state index contributed by atoms with van der Waals surface area (Å²) in [6.07, 6.45) is 8.76. The van der Waals surface area contributed by atoms with Gasteiger partial charge in [0.05, 0.1) is 23.5 Å². The number of nitrogens with zero attached hydrogens (tertiary/aromatic N) is 3. The number of nitrogens with one attached hydrogen (secondary N) is 1. The highest BCUT2D eigenvalue weighted by Gasteiger charge is 2.45. The summed E-state index contributed by atoms with van der Waals surface area (Å²) in [5, 5.41) is 10.5. The van der Waals surface area contributed by atoms with Gasteiger partial charge in [-0.1, -0.05) is 37.3 Å². The Morgan fingerprint density at radius 3 is 2.48 bits per heavy atom. The Morgan fingerprint density at radius 1 is 1.22 bits per heavy atom. The Labute approximate surface area is 157 Å². The molecule has 0 atom stereocenters. The Balaban J connectivity index is 1.82. The maximum Gasteiger partial charge on any atom is 0.235 e. The summed E-state index contributed by atoms with van der Waals surface area (Å²) in [5.74, 6) is 0.187. The van der Waals surface area contributed by atoms with Crippen molar-refractivity contribution < 1.29 is 4.79 Å². The van der Waals surface area contributed by atoms with E-state index in [2.05, 4.69) is 27.1 Å². The molecule has 0 radical (unpaired) electrons. The molecule has 1 aliphatic rings. The maximum atomic E-state index is 12.9. The van der Waals surface area contributed by atoms with Gasteiger partial charge in [-0.2, -0.15) is 10.2 Å². The Morgan fingerprint density at radius 2 is 1.96 bits per heavy atom. The van der Waals surface area contributed by atoms with Gasteiger partial charge >= 0.3 is 0 Å². The molecule has 0 aliphatic heterocycles. The number of amides is 1. The largest absolute Gasteiger partial charge is 0.404 e. The number of aromatic nitrogens is 2. The summed E-state index contributed by atoms with van der Waals surface area (Å²) < 4.78 is 0. The molecule has 2 aromatic rings. The second-order valence-corrected chi connectivity index (χ2v) is 6.47. The van der Waals surface area contributed by atoms with Gasteiger partial charge in [0.15, 0.2) is 0 Å². The minimum Gasteiger partial charge on any atom is -0.404 e. The average Bonchev–Trinajstić information content (AvgIpc) is 2.63. The van der Waals surface area contributed by atoms with Gasteiger partial charge in [0.25, 0.3) is 0 Å². The van der Waals surface area contributed by atoms with Crippen molar-refractivity contribution in [3.05, 3.63) is 72.5 Å². The lowest BCUT2D eigenvalue weighted by Gasteiger charge is -2.40. The Hall–Kier alpha value is -3.48. The lowest BCUT2D eigenvalue weighted by Crippen LogP contribution is -2.46. The predicted octanol–water partition coefficient (Wildman–Crippen LogP) is 2.34. The number of nitrogens with two attached hydrogens (primary N) is 2. The third kappa shape index (κ3) is 3.87. The fourth-order valence-electron chi connectivity index (χ4n) is 3.14. The third-order valence-corrected chi connectivity index (χ3v) is 4.80. The fourth-order valence-corrected chi connectivity index (χ4v) is 3.14. The van der Waals surface area contributed by atoms with Crippen LogP contribution < -0.4 is 16.8 Å². The van der Waals surface area contributed by atoms with Gasteiger partial charge < -0.3 is 16.8 Å². The minimum absolute atomic E-state index is 0.0231. The highest BCUT2D eigenvalue weighted by atomic mass is 16.2. The second-order valence-electron chi connectivity index (χ2n) is 6.47. The number of aliphatic imine (C=N–C) groups is 1. The van der Waals surface area contributed by atoms with Crippen molar-refractivity contribution in [1.29, 1.82) is 0 Å². The van der Waals surface area contributed by atoms with Gasteiger partial charge in [-0.25, -0.2) is 4.99 Å². The summed E-state index contributed by atoms with van der Waals surface area (Å²) in [6, 6.07) is 9.52. The number of carbonyl (C=O) groups excluding carboxylic acids is 1.